The number of benzene rings is 3. The van der Waals surface area contributed by atoms with E-state index in [1.165, 1.54) is 49.6 Å². The number of urea groups is 1. The van der Waals surface area contributed by atoms with Crippen LogP contribution in [0.15, 0.2) is 72.3 Å². The van der Waals surface area contributed by atoms with Crippen LogP contribution in [0.3, 0.4) is 0 Å². The van der Waals surface area contributed by atoms with Crippen LogP contribution in [0.5, 0.6) is 11.5 Å². The first kappa shape index (κ1) is 26.1. The summed E-state index contributed by atoms with van der Waals surface area (Å²) < 4.78 is 29.5. The summed E-state index contributed by atoms with van der Waals surface area (Å²) in [6.07, 6.45) is 1.32. The van der Waals surface area contributed by atoms with Crippen molar-refractivity contribution in [2.24, 2.45) is 0 Å². The quantitative estimate of drug-likeness (QED) is 0.270. The minimum absolute atomic E-state index is 0.0987. The van der Waals surface area contributed by atoms with Crippen LogP contribution in [0.1, 0.15) is 28.4 Å². The normalized spacial score (nSPS) is 14.3. The van der Waals surface area contributed by atoms with E-state index in [0.717, 1.165) is 4.90 Å². The van der Waals surface area contributed by atoms with Gasteiger partial charge in [0.15, 0.2) is 11.5 Å². The Morgan fingerprint density at radius 2 is 1.76 bits per heavy atom. The van der Waals surface area contributed by atoms with Crippen LogP contribution in [0.4, 0.5) is 14.9 Å². The average Bonchev–Trinajstić information content (AvgIpc) is 2.90. The molecule has 0 bridgehead atoms. The minimum atomic E-state index is -0.917. The summed E-state index contributed by atoms with van der Waals surface area (Å²) in [5.74, 6) is -1.92. The average molecular weight is 518 g/mol. The molecule has 38 heavy (non-hydrogen) atoms. The van der Waals surface area contributed by atoms with Gasteiger partial charge in [0.1, 0.15) is 18.0 Å². The molecule has 1 aliphatic heterocycles. The molecule has 10 heteroatoms. The fourth-order valence-corrected chi connectivity index (χ4v) is 3.70. The molecule has 0 aromatic heterocycles. The molecule has 1 fully saturated rings. The number of methoxy groups -OCH3 is 1. The van der Waals surface area contributed by atoms with Crippen molar-refractivity contribution in [1.82, 2.24) is 5.32 Å². The lowest BCUT2D eigenvalue weighted by atomic mass is 10.1. The van der Waals surface area contributed by atoms with Gasteiger partial charge in [0.25, 0.3) is 11.8 Å². The molecule has 1 aliphatic rings. The molecule has 1 N–H and O–H groups in total. The molecule has 3 aromatic rings. The number of carbonyl (C=O) groups excluding carboxylic acids is 4. The van der Waals surface area contributed by atoms with Gasteiger partial charge >= 0.3 is 12.0 Å². The van der Waals surface area contributed by atoms with Gasteiger partial charge in [-0.15, -0.1) is 0 Å². The van der Waals surface area contributed by atoms with E-state index >= 15 is 0 Å². The largest absolute Gasteiger partial charge is 0.493 e. The molecule has 0 radical (unpaired) electrons. The highest BCUT2D eigenvalue weighted by molar-refractivity contribution is 6.39. The zero-order valence-corrected chi connectivity index (χ0v) is 20.5. The number of nitrogens with one attached hydrogen (secondary N) is 1. The highest BCUT2D eigenvalue weighted by atomic mass is 19.1. The molecule has 1 saturated heterocycles. The second-order valence-electron chi connectivity index (χ2n) is 8.05. The van der Waals surface area contributed by atoms with Crippen molar-refractivity contribution in [2.75, 3.05) is 18.6 Å². The third-order valence-electron chi connectivity index (χ3n) is 5.52. The van der Waals surface area contributed by atoms with Gasteiger partial charge in [0.05, 0.1) is 25.0 Å². The third-order valence-corrected chi connectivity index (χ3v) is 5.52. The number of hydrogen-bond donors (Lipinski definition) is 1. The van der Waals surface area contributed by atoms with Crippen LogP contribution >= 0.6 is 0 Å². The number of hydrogen-bond acceptors (Lipinski definition) is 7. The second kappa shape index (κ2) is 11.4. The van der Waals surface area contributed by atoms with Gasteiger partial charge in [-0.2, -0.15) is 0 Å². The van der Waals surface area contributed by atoms with E-state index in [1.807, 2.05) is 0 Å². The minimum Gasteiger partial charge on any atom is -0.493 e. The van der Waals surface area contributed by atoms with Crippen molar-refractivity contribution in [2.45, 2.75) is 13.5 Å². The van der Waals surface area contributed by atoms with Crippen molar-refractivity contribution >= 4 is 35.6 Å². The maximum absolute atomic E-state index is 13.4. The number of nitrogens with zero attached hydrogens (tertiary/aromatic N) is 1. The van der Waals surface area contributed by atoms with E-state index in [-0.39, 0.29) is 35.9 Å². The molecular weight excluding hydrogens is 495 g/mol. The van der Waals surface area contributed by atoms with Gasteiger partial charge in [-0.05, 0) is 72.7 Å². The molecule has 0 spiro atoms. The number of carbonyl (C=O) groups is 4. The predicted octanol–water partition coefficient (Wildman–Crippen LogP) is 4.26. The SMILES string of the molecule is CCOC(=O)c1ccc(N2C(=O)NC(=O)/C(=C\c3ccc(OCc4cccc(F)c4)c(OC)c3)C2=O)cc1. The molecule has 0 unspecified atom stereocenters. The van der Waals surface area contributed by atoms with E-state index in [2.05, 4.69) is 5.32 Å². The molecule has 194 valence electrons. The second-order valence-corrected chi connectivity index (χ2v) is 8.05. The molecule has 0 aliphatic carbocycles. The predicted molar refractivity (Wildman–Crippen MR) is 135 cm³/mol. The number of esters is 1. The topological polar surface area (TPSA) is 111 Å². The lowest BCUT2D eigenvalue weighted by Gasteiger charge is -2.26. The molecule has 0 saturated carbocycles. The number of halogens is 1. The summed E-state index contributed by atoms with van der Waals surface area (Å²) >= 11 is 0. The number of anilines is 1. The summed E-state index contributed by atoms with van der Waals surface area (Å²) in [7, 11) is 1.43. The highest BCUT2D eigenvalue weighted by Gasteiger charge is 2.37. The number of imide groups is 2. The van der Waals surface area contributed by atoms with Crippen LogP contribution in [-0.2, 0) is 20.9 Å². The third kappa shape index (κ3) is 5.70. The van der Waals surface area contributed by atoms with E-state index in [0.29, 0.717) is 22.6 Å². The number of ether oxygens (including phenoxy) is 3. The van der Waals surface area contributed by atoms with Gasteiger partial charge in [-0.1, -0.05) is 18.2 Å². The number of rotatable bonds is 8. The van der Waals surface area contributed by atoms with Gasteiger partial charge in [-0.25, -0.2) is 18.9 Å². The first-order chi connectivity index (χ1) is 18.3. The lowest BCUT2D eigenvalue weighted by Crippen LogP contribution is -2.54. The Morgan fingerprint density at radius 3 is 2.45 bits per heavy atom. The van der Waals surface area contributed by atoms with E-state index < -0.39 is 23.8 Å². The van der Waals surface area contributed by atoms with E-state index in [9.17, 15) is 23.6 Å². The fourth-order valence-electron chi connectivity index (χ4n) is 3.70. The fraction of sp³-hybridized carbons (Fsp3) is 0.143. The Morgan fingerprint density at radius 1 is 1.00 bits per heavy atom. The first-order valence-electron chi connectivity index (χ1n) is 11.5. The summed E-state index contributed by atoms with van der Waals surface area (Å²) in [5.41, 5.74) is 1.19. The monoisotopic (exact) mass is 518 g/mol. The van der Waals surface area contributed by atoms with Gasteiger partial charge in [-0.3, -0.25) is 14.9 Å². The Bertz CT molecular complexity index is 1430. The Kier molecular flexibility index (Phi) is 7.81. The smallest absolute Gasteiger partial charge is 0.338 e. The van der Waals surface area contributed by atoms with Crippen LogP contribution in [0, 0.1) is 5.82 Å². The summed E-state index contributed by atoms with van der Waals surface area (Å²) in [4.78, 5) is 50.9. The maximum atomic E-state index is 13.4. The highest BCUT2D eigenvalue weighted by Crippen LogP contribution is 2.30. The lowest BCUT2D eigenvalue weighted by molar-refractivity contribution is -0.122. The van der Waals surface area contributed by atoms with Crippen molar-refractivity contribution < 1.29 is 37.8 Å². The maximum Gasteiger partial charge on any atom is 0.338 e. The standard InChI is InChI=1S/C28H23FN2O7/c1-3-37-27(34)19-8-10-21(11-9-19)31-26(33)22(25(32)30-28(31)35)14-17-7-12-23(24(15-17)36-2)38-16-18-5-4-6-20(29)13-18/h4-15H,3,16H2,1-2H3,(H,30,32,35)/b22-14+. The zero-order valence-electron chi connectivity index (χ0n) is 20.5. The first-order valence-corrected chi connectivity index (χ1v) is 11.5. The molecule has 3 aromatic carbocycles. The Balaban J connectivity index is 1.56. The number of amides is 4. The van der Waals surface area contributed by atoms with Crippen LogP contribution in [0.2, 0.25) is 0 Å². The summed E-state index contributed by atoms with van der Waals surface area (Å²) in [6, 6.07) is 15.5. The Hall–Kier alpha value is -4.99. The van der Waals surface area contributed by atoms with Crippen molar-refractivity contribution in [3.8, 4) is 11.5 Å². The number of barbiturate groups is 1. The molecule has 4 rings (SSSR count). The van der Waals surface area contributed by atoms with Crippen molar-refractivity contribution in [1.29, 1.82) is 0 Å². The molecule has 1 heterocycles. The van der Waals surface area contributed by atoms with Crippen molar-refractivity contribution in [3.63, 3.8) is 0 Å². The van der Waals surface area contributed by atoms with Crippen LogP contribution < -0.4 is 19.7 Å². The summed E-state index contributed by atoms with van der Waals surface area (Å²) in [6.45, 7) is 1.98. The van der Waals surface area contributed by atoms with Crippen LogP contribution in [-0.4, -0.2) is 37.5 Å². The molecular formula is C28H23FN2O7. The molecule has 9 nitrogen and oxygen atoms in total. The summed E-state index contributed by atoms with van der Waals surface area (Å²) in [5, 5.41) is 2.15. The van der Waals surface area contributed by atoms with Crippen molar-refractivity contribution in [3.05, 3.63) is 94.8 Å². The molecule has 0 atom stereocenters. The van der Waals surface area contributed by atoms with Crippen LogP contribution in [0.25, 0.3) is 6.08 Å². The van der Waals surface area contributed by atoms with Gasteiger partial charge < -0.3 is 14.2 Å². The van der Waals surface area contributed by atoms with E-state index in [4.69, 9.17) is 14.2 Å². The van der Waals surface area contributed by atoms with E-state index in [1.54, 1.807) is 37.3 Å². The van der Waals surface area contributed by atoms with Gasteiger partial charge in [0, 0.05) is 0 Å². The zero-order chi connectivity index (χ0) is 27.2. The Labute approximate surface area is 217 Å². The van der Waals surface area contributed by atoms with Gasteiger partial charge in [0.2, 0.25) is 0 Å². The molecule has 4 amide bonds.